The van der Waals surface area contributed by atoms with Crippen LogP contribution in [0.1, 0.15) is 34.8 Å². The minimum absolute atomic E-state index is 0.00268. The molecule has 0 aliphatic carbocycles. The Morgan fingerprint density at radius 1 is 1.21 bits per heavy atom. The van der Waals surface area contributed by atoms with Gasteiger partial charge in [0.15, 0.2) is 11.6 Å². The molecule has 3 aromatic rings. The first-order valence-corrected chi connectivity index (χ1v) is 8.55. The van der Waals surface area contributed by atoms with E-state index in [1.54, 1.807) is 11.3 Å². The third-order valence-corrected chi connectivity index (χ3v) is 4.95. The van der Waals surface area contributed by atoms with E-state index in [9.17, 15) is 9.59 Å². The largest absolute Gasteiger partial charge is 0.349 e. The Balaban J connectivity index is 1.54. The average Bonchev–Trinajstić information content (AvgIpc) is 3.15. The van der Waals surface area contributed by atoms with E-state index in [2.05, 4.69) is 15.5 Å². The third kappa shape index (κ3) is 3.35. The molecule has 0 atom stereocenters. The average molecular weight is 342 g/mol. The van der Waals surface area contributed by atoms with Gasteiger partial charge in [-0.05, 0) is 13.0 Å². The number of aromatic nitrogens is 3. The van der Waals surface area contributed by atoms with Crippen molar-refractivity contribution in [3.8, 4) is 0 Å². The Labute approximate surface area is 143 Å². The van der Waals surface area contributed by atoms with E-state index in [0.29, 0.717) is 17.9 Å². The normalized spacial score (nSPS) is 10.9. The number of thiophene rings is 1. The monoisotopic (exact) mass is 342 g/mol. The van der Waals surface area contributed by atoms with Gasteiger partial charge >= 0.3 is 0 Å². The molecule has 0 saturated heterocycles. The number of rotatable bonds is 6. The summed E-state index contributed by atoms with van der Waals surface area (Å²) in [6.45, 7) is 2.16. The van der Waals surface area contributed by atoms with Crippen molar-refractivity contribution in [2.45, 2.75) is 26.3 Å². The third-order valence-electron chi connectivity index (χ3n) is 3.99. The van der Waals surface area contributed by atoms with Crippen molar-refractivity contribution in [1.29, 1.82) is 0 Å². The number of hydrogen-bond donors (Lipinski definition) is 1. The maximum atomic E-state index is 12.4. The topological polar surface area (TPSA) is 76.9 Å². The molecule has 0 fully saturated rings. The molecule has 2 heterocycles. The number of nitrogens with one attached hydrogen (secondary N) is 1. The molecule has 0 unspecified atom stereocenters. The molecule has 0 saturated carbocycles. The Kier molecular flexibility index (Phi) is 4.71. The summed E-state index contributed by atoms with van der Waals surface area (Å²) >= 11 is 1.55. The molecule has 3 rings (SSSR count). The number of carbonyl (C=O) groups excluding carboxylic acids is 2. The summed E-state index contributed by atoms with van der Waals surface area (Å²) in [6, 6.07) is 7.80. The fraction of sp³-hybridized carbons (Fsp3) is 0.294. The van der Waals surface area contributed by atoms with Gasteiger partial charge in [0.1, 0.15) is 5.82 Å². The van der Waals surface area contributed by atoms with Crippen LogP contribution < -0.4 is 5.32 Å². The van der Waals surface area contributed by atoms with E-state index in [0.717, 1.165) is 15.9 Å². The number of Topliss-reactive ketones (excluding diaryl/α,β-unsaturated/α-hetero) is 1. The van der Waals surface area contributed by atoms with Gasteiger partial charge in [0.2, 0.25) is 5.91 Å². The van der Waals surface area contributed by atoms with Crippen LogP contribution in [-0.4, -0.2) is 26.5 Å². The van der Waals surface area contributed by atoms with Crippen LogP contribution in [0.15, 0.2) is 29.6 Å². The summed E-state index contributed by atoms with van der Waals surface area (Å²) in [5.74, 6) is 1.32. The second-order valence-corrected chi connectivity index (χ2v) is 6.48. The highest BCUT2D eigenvalue weighted by atomic mass is 32.1. The summed E-state index contributed by atoms with van der Waals surface area (Å²) in [4.78, 5) is 24.3. The van der Waals surface area contributed by atoms with E-state index in [1.807, 2.05) is 48.2 Å². The van der Waals surface area contributed by atoms with Gasteiger partial charge < -0.3 is 9.88 Å². The van der Waals surface area contributed by atoms with Crippen LogP contribution >= 0.6 is 11.3 Å². The molecule has 1 aromatic carbocycles. The number of hydrogen-bond acceptors (Lipinski definition) is 5. The molecule has 6 nitrogen and oxygen atoms in total. The number of fused-ring (bicyclic) bond motifs is 1. The van der Waals surface area contributed by atoms with Gasteiger partial charge in [-0.15, -0.1) is 21.5 Å². The quantitative estimate of drug-likeness (QED) is 0.699. The van der Waals surface area contributed by atoms with Crippen LogP contribution in [0.4, 0.5) is 0 Å². The molecule has 24 heavy (non-hydrogen) atoms. The van der Waals surface area contributed by atoms with E-state index < -0.39 is 0 Å². The molecule has 0 aliphatic heterocycles. The van der Waals surface area contributed by atoms with Gasteiger partial charge in [0.05, 0.1) is 6.54 Å². The van der Waals surface area contributed by atoms with E-state index in [4.69, 9.17) is 0 Å². The Bertz CT molecular complexity index is 897. The van der Waals surface area contributed by atoms with Gasteiger partial charge in [-0.3, -0.25) is 9.59 Å². The zero-order chi connectivity index (χ0) is 17.1. The first-order valence-electron chi connectivity index (χ1n) is 7.67. The Morgan fingerprint density at radius 3 is 2.75 bits per heavy atom. The SMILES string of the molecule is Cc1nnc(CNC(=O)CCC(=O)c2csc3ccccc23)n1C. The van der Waals surface area contributed by atoms with Crippen molar-refractivity contribution in [2.24, 2.45) is 7.05 Å². The molecule has 0 radical (unpaired) electrons. The molecule has 7 heteroatoms. The summed E-state index contributed by atoms with van der Waals surface area (Å²) in [5, 5.41) is 13.5. The number of nitrogens with zero attached hydrogens (tertiary/aromatic N) is 3. The van der Waals surface area contributed by atoms with Crippen molar-refractivity contribution in [2.75, 3.05) is 0 Å². The van der Waals surface area contributed by atoms with Crippen molar-refractivity contribution < 1.29 is 9.59 Å². The van der Waals surface area contributed by atoms with Crippen LogP contribution in [0.3, 0.4) is 0 Å². The minimum atomic E-state index is -0.163. The van der Waals surface area contributed by atoms with Gasteiger partial charge in [-0.1, -0.05) is 18.2 Å². The maximum Gasteiger partial charge on any atom is 0.220 e. The summed E-state index contributed by atoms with van der Waals surface area (Å²) in [5.41, 5.74) is 0.701. The maximum absolute atomic E-state index is 12.4. The van der Waals surface area contributed by atoms with Crippen LogP contribution in [0.2, 0.25) is 0 Å². The second kappa shape index (κ2) is 6.92. The lowest BCUT2D eigenvalue weighted by molar-refractivity contribution is -0.121. The minimum Gasteiger partial charge on any atom is -0.349 e. The first kappa shape index (κ1) is 16.3. The molecule has 1 N–H and O–H groups in total. The predicted molar refractivity (Wildman–Crippen MR) is 93.0 cm³/mol. The number of benzene rings is 1. The van der Waals surface area contributed by atoms with Gasteiger partial charge in [-0.25, -0.2) is 0 Å². The lowest BCUT2D eigenvalue weighted by atomic mass is 10.1. The highest BCUT2D eigenvalue weighted by Crippen LogP contribution is 2.26. The number of ketones is 1. The molecule has 0 spiro atoms. The lowest BCUT2D eigenvalue weighted by Gasteiger charge is -2.05. The molecule has 0 aliphatic rings. The number of aryl methyl sites for hydroxylation is 1. The summed E-state index contributed by atoms with van der Waals surface area (Å²) < 4.78 is 2.91. The molecule has 1 amide bonds. The van der Waals surface area contributed by atoms with E-state index in [-0.39, 0.29) is 24.5 Å². The van der Waals surface area contributed by atoms with Crippen LogP contribution in [0, 0.1) is 6.92 Å². The predicted octanol–water partition coefficient (Wildman–Crippen LogP) is 2.62. The smallest absolute Gasteiger partial charge is 0.220 e. The Morgan fingerprint density at radius 2 is 2.00 bits per heavy atom. The lowest BCUT2D eigenvalue weighted by Crippen LogP contribution is -2.24. The number of carbonyl (C=O) groups is 2. The van der Waals surface area contributed by atoms with Crippen molar-refractivity contribution >= 4 is 33.1 Å². The van der Waals surface area contributed by atoms with Crippen molar-refractivity contribution in [3.05, 3.63) is 46.9 Å². The van der Waals surface area contributed by atoms with E-state index >= 15 is 0 Å². The summed E-state index contributed by atoms with van der Waals surface area (Å²) in [7, 11) is 1.85. The fourth-order valence-electron chi connectivity index (χ4n) is 2.43. The summed E-state index contributed by atoms with van der Waals surface area (Å²) in [6.07, 6.45) is 0.365. The molecular weight excluding hydrogens is 324 g/mol. The van der Waals surface area contributed by atoms with Crippen molar-refractivity contribution in [3.63, 3.8) is 0 Å². The highest BCUT2D eigenvalue weighted by molar-refractivity contribution is 7.17. The number of amides is 1. The zero-order valence-electron chi connectivity index (χ0n) is 13.6. The molecule has 124 valence electrons. The Hall–Kier alpha value is -2.54. The van der Waals surface area contributed by atoms with Gasteiger partial charge in [0, 0.05) is 40.9 Å². The zero-order valence-corrected chi connectivity index (χ0v) is 14.4. The molecule has 2 aromatic heterocycles. The molecule has 0 bridgehead atoms. The van der Waals surface area contributed by atoms with Crippen LogP contribution in [-0.2, 0) is 18.4 Å². The highest BCUT2D eigenvalue weighted by Gasteiger charge is 2.14. The van der Waals surface area contributed by atoms with E-state index in [1.165, 1.54) is 0 Å². The van der Waals surface area contributed by atoms with Crippen LogP contribution in [0.25, 0.3) is 10.1 Å². The molecular formula is C17H18N4O2S. The fourth-order valence-corrected chi connectivity index (χ4v) is 3.39. The standard InChI is InChI=1S/C17H18N4O2S/c1-11-19-20-16(21(11)2)9-18-17(23)8-7-14(22)13-10-24-15-6-4-3-5-12(13)15/h3-6,10H,7-9H2,1-2H3,(H,18,23). The van der Waals surface area contributed by atoms with Crippen LogP contribution in [0.5, 0.6) is 0 Å². The van der Waals surface area contributed by atoms with Crippen molar-refractivity contribution in [1.82, 2.24) is 20.1 Å². The van der Waals surface area contributed by atoms with Gasteiger partial charge in [0.25, 0.3) is 0 Å². The second-order valence-electron chi connectivity index (χ2n) is 5.57. The first-order chi connectivity index (χ1) is 11.6. The van der Waals surface area contributed by atoms with Gasteiger partial charge in [-0.2, -0.15) is 0 Å².